The number of thioether (sulfide) groups is 1. The molecule has 1 nitrogen and oxygen atoms in total. The standard InChI is InChI=1S/C13H12NS/c1-2-5-12(6-3-1)8-10-15-13-7-4-9-14-11-13/h1-3,5-7,9,11H,8,10H2. The van der Waals surface area contributed by atoms with Crippen LogP contribution >= 0.6 is 11.8 Å². The molecule has 0 aliphatic heterocycles. The van der Waals surface area contributed by atoms with Gasteiger partial charge in [0, 0.05) is 29.1 Å². The average Bonchev–Trinajstić information content (AvgIpc) is 2.32. The minimum atomic E-state index is 1.09. The molecule has 1 radical (unpaired) electrons. The summed E-state index contributed by atoms with van der Waals surface area (Å²) >= 11 is 1.82. The van der Waals surface area contributed by atoms with Gasteiger partial charge in [0.1, 0.15) is 0 Å². The third-order valence-corrected chi connectivity index (χ3v) is 3.04. The summed E-state index contributed by atoms with van der Waals surface area (Å²) in [5, 5.41) is 0. The van der Waals surface area contributed by atoms with Crippen LogP contribution < -0.4 is 0 Å². The maximum absolute atomic E-state index is 4.03. The number of hydrogen-bond donors (Lipinski definition) is 0. The molecule has 0 atom stereocenters. The van der Waals surface area contributed by atoms with E-state index in [4.69, 9.17) is 0 Å². The van der Waals surface area contributed by atoms with Gasteiger partial charge >= 0.3 is 0 Å². The number of hydrogen-bond acceptors (Lipinski definition) is 2. The predicted octanol–water partition coefficient (Wildman–Crippen LogP) is 3.22. The van der Waals surface area contributed by atoms with Gasteiger partial charge in [-0.05, 0) is 18.1 Å². The van der Waals surface area contributed by atoms with Gasteiger partial charge in [0.2, 0.25) is 0 Å². The Labute approximate surface area is 94.6 Å². The van der Waals surface area contributed by atoms with Crippen molar-refractivity contribution in [1.29, 1.82) is 0 Å². The van der Waals surface area contributed by atoms with Crippen LogP contribution in [0.25, 0.3) is 0 Å². The first-order chi connectivity index (χ1) is 7.45. The maximum Gasteiger partial charge on any atom is 0.0404 e. The van der Waals surface area contributed by atoms with E-state index in [0.29, 0.717) is 0 Å². The first kappa shape index (κ1) is 10.2. The molecule has 15 heavy (non-hydrogen) atoms. The summed E-state index contributed by atoms with van der Waals surface area (Å²) in [4.78, 5) is 5.22. The van der Waals surface area contributed by atoms with E-state index in [1.165, 1.54) is 10.5 Å². The maximum atomic E-state index is 4.03. The molecule has 75 valence electrons. The first-order valence-electron chi connectivity index (χ1n) is 4.93. The molecule has 1 aromatic carbocycles. The number of pyridine rings is 1. The zero-order valence-electron chi connectivity index (χ0n) is 8.39. The fourth-order valence-corrected chi connectivity index (χ4v) is 2.18. The van der Waals surface area contributed by atoms with Crippen molar-refractivity contribution in [2.24, 2.45) is 0 Å². The van der Waals surface area contributed by atoms with Crippen molar-refractivity contribution in [3.63, 3.8) is 0 Å². The molecule has 0 N–H and O–H groups in total. The van der Waals surface area contributed by atoms with E-state index < -0.39 is 0 Å². The molecule has 2 aromatic rings. The highest BCUT2D eigenvalue weighted by Crippen LogP contribution is 2.17. The van der Waals surface area contributed by atoms with Crippen LogP contribution in [0.5, 0.6) is 0 Å². The van der Waals surface area contributed by atoms with Crippen LogP contribution in [0, 0.1) is 6.07 Å². The summed E-state index contributed by atoms with van der Waals surface area (Å²) in [6.45, 7) is 0. The largest absolute Gasteiger partial charge is 0.263 e. The van der Waals surface area contributed by atoms with E-state index >= 15 is 0 Å². The lowest BCUT2D eigenvalue weighted by Gasteiger charge is -2.00. The molecule has 0 unspecified atom stereocenters. The van der Waals surface area contributed by atoms with Crippen molar-refractivity contribution in [3.8, 4) is 0 Å². The zero-order chi connectivity index (χ0) is 10.3. The lowest BCUT2D eigenvalue weighted by molar-refractivity contribution is 1.15. The summed E-state index contributed by atoms with van der Waals surface area (Å²) in [7, 11) is 0. The number of aromatic nitrogens is 1. The topological polar surface area (TPSA) is 12.9 Å². The van der Waals surface area contributed by atoms with Gasteiger partial charge in [-0.25, -0.2) is 0 Å². The Hall–Kier alpha value is -1.28. The quantitative estimate of drug-likeness (QED) is 0.725. The summed E-state index contributed by atoms with van der Waals surface area (Å²) in [5.41, 5.74) is 1.39. The second-order valence-electron chi connectivity index (χ2n) is 3.20. The molecule has 0 spiro atoms. The van der Waals surface area contributed by atoms with Gasteiger partial charge in [0.05, 0.1) is 0 Å². The molecule has 0 bridgehead atoms. The normalized spacial score (nSPS) is 10.1. The summed E-state index contributed by atoms with van der Waals surface area (Å²) in [6, 6.07) is 15.5. The van der Waals surface area contributed by atoms with Gasteiger partial charge in [-0.2, -0.15) is 0 Å². The Kier molecular flexibility index (Phi) is 3.80. The fraction of sp³-hybridized carbons (Fsp3) is 0.154. The Morgan fingerprint density at radius 1 is 1.20 bits per heavy atom. The average molecular weight is 214 g/mol. The number of benzene rings is 1. The third kappa shape index (κ3) is 3.40. The highest BCUT2D eigenvalue weighted by atomic mass is 32.2. The van der Waals surface area contributed by atoms with Crippen molar-refractivity contribution < 1.29 is 0 Å². The molecule has 2 rings (SSSR count). The molecule has 0 fully saturated rings. The zero-order valence-corrected chi connectivity index (χ0v) is 9.20. The highest BCUT2D eigenvalue weighted by Gasteiger charge is 1.94. The molecule has 0 aliphatic carbocycles. The molecule has 2 heteroatoms. The molecular weight excluding hydrogens is 202 g/mol. The monoisotopic (exact) mass is 214 g/mol. The fourth-order valence-electron chi connectivity index (χ4n) is 1.32. The van der Waals surface area contributed by atoms with Crippen LogP contribution in [-0.4, -0.2) is 10.7 Å². The molecule has 0 saturated carbocycles. The van der Waals surface area contributed by atoms with Crippen LogP contribution in [0.3, 0.4) is 0 Å². The van der Waals surface area contributed by atoms with Gasteiger partial charge in [0.15, 0.2) is 0 Å². The van der Waals surface area contributed by atoms with Crippen LogP contribution in [-0.2, 0) is 6.42 Å². The van der Waals surface area contributed by atoms with E-state index in [0.717, 1.165) is 12.2 Å². The van der Waals surface area contributed by atoms with Crippen LogP contribution in [0.2, 0.25) is 0 Å². The van der Waals surface area contributed by atoms with Gasteiger partial charge in [-0.15, -0.1) is 11.8 Å². The first-order valence-corrected chi connectivity index (χ1v) is 5.91. The van der Waals surface area contributed by atoms with Crippen LogP contribution in [0.15, 0.2) is 53.7 Å². The van der Waals surface area contributed by atoms with E-state index in [1.54, 1.807) is 6.20 Å². The highest BCUT2D eigenvalue weighted by molar-refractivity contribution is 7.99. The van der Waals surface area contributed by atoms with Gasteiger partial charge < -0.3 is 0 Å². The summed E-state index contributed by atoms with van der Waals surface area (Å²) in [6.07, 6.45) is 4.66. The van der Waals surface area contributed by atoms with Crippen LogP contribution in [0.4, 0.5) is 0 Å². The number of rotatable bonds is 4. The Bertz CT molecular complexity index is 346. The van der Waals surface area contributed by atoms with Gasteiger partial charge in [0.25, 0.3) is 0 Å². The molecular formula is C13H12NS. The number of aryl methyl sites for hydroxylation is 1. The molecule has 1 heterocycles. The molecule has 0 saturated heterocycles. The van der Waals surface area contributed by atoms with E-state index in [1.807, 2.05) is 30.1 Å². The minimum absolute atomic E-state index is 1.09. The Balaban J connectivity index is 1.81. The van der Waals surface area contributed by atoms with Crippen molar-refractivity contribution in [2.45, 2.75) is 11.3 Å². The van der Waals surface area contributed by atoms with Gasteiger partial charge in [-0.3, -0.25) is 4.98 Å². The Morgan fingerprint density at radius 2 is 2.07 bits per heavy atom. The lowest BCUT2D eigenvalue weighted by Crippen LogP contribution is -1.87. The molecule has 1 aromatic heterocycles. The van der Waals surface area contributed by atoms with E-state index in [2.05, 4.69) is 35.3 Å². The second-order valence-corrected chi connectivity index (χ2v) is 4.37. The summed E-state index contributed by atoms with van der Waals surface area (Å²) in [5.74, 6) is 1.09. The smallest absolute Gasteiger partial charge is 0.0404 e. The van der Waals surface area contributed by atoms with Crippen molar-refractivity contribution in [1.82, 2.24) is 4.98 Å². The molecule has 0 amide bonds. The van der Waals surface area contributed by atoms with Crippen molar-refractivity contribution in [3.05, 3.63) is 60.4 Å². The Morgan fingerprint density at radius 3 is 2.80 bits per heavy atom. The SMILES string of the molecule is [c]1cncc(SCCc2ccccc2)c1. The lowest BCUT2D eigenvalue weighted by atomic mass is 10.2. The molecule has 0 aliphatic rings. The summed E-state index contributed by atoms with van der Waals surface area (Å²) < 4.78 is 0. The van der Waals surface area contributed by atoms with Gasteiger partial charge in [-0.1, -0.05) is 30.3 Å². The number of nitrogens with zero attached hydrogens (tertiary/aromatic N) is 1. The van der Waals surface area contributed by atoms with Crippen molar-refractivity contribution in [2.75, 3.05) is 5.75 Å². The minimum Gasteiger partial charge on any atom is -0.263 e. The van der Waals surface area contributed by atoms with Crippen molar-refractivity contribution >= 4 is 11.8 Å². The second kappa shape index (κ2) is 5.56. The predicted molar refractivity (Wildman–Crippen MR) is 63.9 cm³/mol. The van der Waals surface area contributed by atoms with Crippen LogP contribution in [0.1, 0.15) is 5.56 Å². The van der Waals surface area contributed by atoms with E-state index in [9.17, 15) is 0 Å². The third-order valence-electron chi connectivity index (χ3n) is 2.08. The van der Waals surface area contributed by atoms with E-state index in [-0.39, 0.29) is 0 Å².